The lowest BCUT2D eigenvalue weighted by Gasteiger charge is -2.57. The van der Waals surface area contributed by atoms with Crippen molar-refractivity contribution in [2.24, 2.45) is 34.5 Å². The molecule has 0 aromatic heterocycles. The zero-order chi connectivity index (χ0) is 14.8. The van der Waals surface area contributed by atoms with Crippen molar-refractivity contribution in [3.8, 4) is 0 Å². The van der Waals surface area contributed by atoms with Gasteiger partial charge in [0.1, 0.15) is 0 Å². The first-order chi connectivity index (χ1) is 9.97. The number of carbonyl (C=O) groups excluding carboxylic acids is 2. The van der Waals surface area contributed by atoms with Crippen LogP contribution < -0.4 is 0 Å². The number of hydrogen-bond donors (Lipinski definition) is 0. The first-order valence-electron chi connectivity index (χ1n) is 8.74. The van der Waals surface area contributed by atoms with Crippen LogP contribution in [0.25, 0.3) is 0 Å². The minimum atomic E-state index is -0.490. The van der Waals surface area contributed by atoms with E-state index in [4.69, 9.17) is 0 Å². The Labute approximate surface area is 127 Å². The molecule has 0 aliphatic heterocycles. The van der Waals surface area contributed by atoms with Gasteiger partial charge in [0.2, 0.25) is 5.78 Å². The summed E-state index contributed by atoms with van der Waals surface area (Å²) in [5.74, 6) is 2.02. The average molecular weight is 286 g/mol. The van der Waals surface area contributed by atoms with Gasteiger partial charge in [-0.3, -0.25) is 9.59 Å². The van der Waals surface area contributed by atoms with Gasteiger partial charge in [-0.05, 0) is 61.7 Å². The summed E-state index contributed by atoms with van der Waals surface area (Å²) < 4.78 is 0. The van der Waals surface area contributed by atoms with Crippen LogP contribution in [0.1, 0.15) is 58.8 Å². The van der Waals surface area contributed by atoms with Gasteiger partial charge in [0.05, 0.1) is 5.41 Å². The summed E-state index contributed by atoms with van der Waals surface area (Å²) in [4.78, 5) is 24.3. The molecule has 2 heteroatoms. The van der Waals surface area contributed by atoms with Gasteiger partial charge >= 0.3 is 0 Å². The third-order valence-corrected chi connectivity index (χ3v) is 7.61. The molecule has 0 heterocycles. The van der Waals surface area contributed by atoms with Crippen LogP contribution >= 0.6 is 0 Å². The number of carbonyl (C=O) groups is 2. The number of ketones is 2. The van der Waals surface area contributed by atoms with Gasteiger partial charge in [-0.15, -0.1) is 0 Å². The minimum absolute atomic E-state index is 0.122. The van der Waals surface area contributed by atoms with E-state index < -0.39 is 5.41 Å². The van der Waals surface area contributed by atoms with Crippen LogP contribution in [-0.4, -0.2) is 11.6 Å². The summed E-state index contributed by atoms with van der Waals surface area (Å²) >= 11 is 0. The Balaban J connectivity index is 1.74. The fourth-order valence-electron chi connectivity index (χ4n) is 6.29. The largest absolute Gasteiger partial charge is 0.291 e. The molecule has 1 unspecified atom stereocenters. The Hall–Kier alpha value is -0.920. The van der Waals surface area contributed by atoms with Gasteiger partial charge in [-0.25, -0.2) is 0 Å². The quantitative estimate of drug-likeness (QED) is 0.499. The lowest BCUT2D eigenvalue weighted by Crippen LogP contribution is -2.50. The predicted octanol–water partition coefficient (Wildman–Crippen LogP) is 3.94. The molecule has 0 aromatic carbocycles. The summed E-state index contributed by atoms with van der Waals surface area (Å²) in [6.45, 7) is 4.49. The Morgan fingerprint density at radius 3 is 2.71 bits per heavy atom. The molecule has 0 saturated heterocycles. The Bertz CT molecular complexity index is 534. The molecule has 3 saturated carbocycles. The molecule has 3 fully saturated rings. The fraction of sp³-hybridized carbons (Fsp3) is 0.789. The summed E-state index contributed by atoms with van der Waals surface area (Å²) in [6, 6.07) is 0. The molecule has 6 atom stereocenters. The first-order valence-corrected chi connectivity index (χ1v) is 8.74. The van der Waals surface area contributed by atoms with Crippen molar-refractivity contribution in [3.63, 3.8) is 0 Å². The zero-order valence-electron chi connectivity index (χ0n) is 13.2. The van der Waals surface area contributed by atoms with Crippen LogP contribution in [0, 0.1) is 34.5 Å². The molecule has 0 amide bonds. The van der Waals surface area contributed by atoms with E-state index in [-0.39, 0.29) is 17.5 Å². The van der Waals surface area contributed by atoms with Crippen molar-refractivity contribution in [1.29, 1.82) is 0 Å². The van der Waals surface area contributed by atoms with E-state index >= 15 is 0 Å². The average Bonchev–Trinajstić information content (AvgIpc) is 2.70. The second-order valence-electron chi connectivity index (χ2n) is 8.42. The molecular formula is C19H26O2. The van der Waals surface area contributed by atoms with E-state index in [1.54, 1.807) is 0 Å². The van der Waals surface area contributed by atoms with Crippen molar-refractivity contribution in [3.05, 3.63) is 12.2 Å². The zero-order valence-corrected chi connectivity index (χ0v) is 13.2. The second-order valence-corrected chi connectivity index (χ2v) is 8.42. The van der Waals surface area contributed by atoms with Gasteiger partial charge < -0.3 is 0 Å². The first kappa shape index (κ1) is 13.7. The summed E-state index contributed by atoms with van der Waals surface area (Å²) in [7, 11) is 0. The van der Waals surface area contributed by atoms with Crippen LogP contribution in [0.4, 0.5) is 0 Å². The topological polar surface area (TPSA) is 34.1 Å². The molecule has 0 spiro atoms. The van der Waals surface area contributed by atoms with E-state index in [2.05, 4.69) is 19.1 Å². The SMILES string of the molecule is C[C@]12CCCCC1CC[C@@H]1[C@@H]2C=C[C@]2(C)C(=O)C(=O)C[C@@H]12. The van der Waals surface area contributed by atoms with E-state index in [9.17, 15) is 9.59 Å². The summed E-state index contributed by atoms with van der Waals surface area (Å²) in [5, 5.41) is 0. The normalized spacial score (nSPS) is 52.3. The predicted molar refractivity (Wildman–Crippen MR) is 81.6 cm³/mol. The molecule has 0 N–H and O–H groups in total. The Morgan fingerprint density at radius 2 is 1.90 bits per heavy atom. The standard InChI is InChI=1S/C19H26O2/c1-18-9-4-3-5-12(18)6-7-13-14(18)8-10-19(2)15(13)11-16(20)17(19)21/h8,10,12-15H,3-7,9,11H2,1-2H3/t12?,13-,14+,15+,18+,19+/m1/s1. The fourth-order valence-corrected chi connectivity index (χ4v) is 6.29. The smallest absolute Gasteiger partial charge is 0.208 e. The molecule has 4 rings (SSSR count). The third kappa shape index (κ3) is 1.65. The van der Waals surface area contributed by atoms with Crippen LogP contribution in [0.2, 0.25) is 0 Å². The van der Waals surface area contributed by atoms with E-state index in [0.29, 0.717) is 23.7 Å². The Kier molecular flexibility index (Phi) is 2.81. The number of rotatable bonds is 0. The highest BCUT2D eigenvalue weighted by Gasteiger charge is 2.60. The highest BCUT2D eigenvalue weighted by atomic mass is 16.2. The minimum Gasteiger partial charge on any atom is -0.291 e. The summed E-state index contributed by atoms with van der Waals surface area (Å²) in [6.07, 6.45) is 12.9. The van der Waals surface area contributed by atoms with E-state index in [1.807, 2.05) is 6.92 Å². The molecule has 114 valence electrons. The molecular weight excluding hydrogens is 260 g/mol. The van der Waals surface area contributed by atoms with Crippen molar-refractivity contribution >= 4 is 11.6 Å². The molecule has 2 nitrogen and oxygen atoms in total. The van der Waals surface area contributed by atoms with Gasteiger partial charge in [0.15, 0.2) is 5.78 Å². The van der Waals surface area contributed by atoms with Gasteiger partial charge in [-0.1, -0.05) is 31.9 Å². The maximum absolute atomic E-state index is 12.3. The second kappa shape index (κ2) is 4.30. The molecule has 0 radical (unpaired) electrons. The van der Waals surface area contributed by atoms with E-state index in [1.165, 1.54) is 38.5 Å². The molecule has 4 aliphatic rings. The monoisotopic (exact) mass is 286 g/mol. The van der Waals surface area contributed by atoms with Crippen LogP contribution in [-0.2, 0) is 9.59 Å². The van der Waals surface area contributed by atoms with Crippen molar-refractivity contribution in [2.45, 2.75) is 58.8 Å². The highest BCUT2D eigenvalue weighted by Crippen LogP contribution is 2.62. The number of allylic oxidation sites excluding steroid dienone is 2. The molecule has 0 aromatic rings. The molecule has 4 aliphatic carbocycles. The van der Waals surface area contributed by atoms with Crippen molar-refractivity contribution in [2.75, 3.05) is 0 Å². The van der Waals surface area contributed by atoms with Crippen LogP contribution in [0.3, 0.4) is 0 Å². The number of fused-ring (bicyclic) bond motifs is 5. The lowest BCUT2D eigenvalue weighted by atomic mass is 9.47. The molecule has 0 bridgehead atoms. The lowest BCUT2D eigenvalue weighted by molar-refractivity contribution is -0.137. The highest BCUT2D eigenvalue weighted by molar-refractivity contribution is 6.41. The number of hydrogen-bond acceptors (Lipinski definition) is 2. The van der Waals surface area contributed by atoms with Crippen LogP contribution in [0.15, 0.2) is 12.2 Å². The van der Waals surface area contributed by atoms with Gasteiger partial charge in [-0.2, -0.15) is 0 Å². The Morgan fingerprint density at radius 1 is 1.10 bits per heavy atom. The van der Waals surface area contributed by atoms with E-state index in [0.717, 1.165) is 5.92 Å². The van der Waals surface area contributed by atoms with Crippen LogP contribution in [0.5, 0.6) is 0 Å². The third-order valence-electron chi connectivity index (χ3n) is 7.61. The van der Waals surface area contributed by atoms with Crippen molar-refractivity contribution in [1.82, 2.24) is 0 Å². The molecule has 21 heavy (non-hydrogen) atoms. The van der Waals surface area contributed by atoms with Gasteiger partial charge in [0.25, 0.3) is 0 Å². The maximum Gasteiger partial charge on any atom is 0.208 e. The maximum atomic E-state index is 12.3. The van der Waals surface area contributed by atoms with Crippen molar-refractivity contribution < 1.29 is 9.59 Å². The summed E-state index contributed by atoms with van der Waals surface area (Å²) in [5.41, 5.74) is -0.0796. The van der Waals surface area contributed by atoms with Gasteiger partial charge in [0, 0.05) is 6.42 Å². The number of Topliss-reactive ketones (excluding diaryl/α,β-unsaturated/α-hetero) is 2.